The Balaban J connectivity index is 2.39. The van der Waals surface area contributed by atoms with Crippen LogP contribution in [0.3, 0.4) is 0 Å². The standard InChI is InChI=1S/C15H19NO3/c1-12(2)19-11-15(18)16-10-14-7-5-13(6-8-14)4-3-9-17/h5-8,12,17H,9-11H2,1-2H3,(H,16,18). The molecule has 1 aromatic carbocycles. The van der Waals surface area contributed by atoms with Gasteiger partial charge in [-0.25, -0.2) is 0 Å². The van der Waals surface area contributed by atoms with E-state index in [0.29, 0.717) is 6.54 Å². The maximum absolute atomic E-state index is 11.4. The number of nitrogens with one attached hydrogen (secondary N) is 1. The lowest BCUT2D eigenvalue weighted by atomic mass is 10.1. The van der Waals surface area contributed by atoms with E-state index in [1.807, 2.05) is 38.1 Å². The molecule has 1 rings (SSSR count). The Hall–Kier alpha value is -1.83. The van der Waals surface area contributed by atoms with Crippen LogP contribution in [0.4, 0.5) is 0 Å². The first-order valence-electron chi connectivity index (χ1n) is 6.19. The van der Waals surface area contributed by atoms with Crippen molar-refractivity contribution in [2.75, 3.05) is 13.2 Å². The lowest BCUT2D eigenvalue weighted by Gasteiger charge is -2.08. The fraction of sp³-hybridized carbons (Fsp3) is 0.400. The Labute approximate surface area is 113 Å². The SMILES string of the molecule is CC(C)OCC(=O)NCc1ccc(C#CCO)cc1. The number of amides is 1. The molecule has 0 aromatic heterocycles. The molecule has 0 aliphatic heterocycles. The van der Waals surface area contributed by atoms with Gasteiger partial charge in [0.25, 0.3) is 0 Å². The quantitative estimate of drug-likeness (QED) is 0.780. The van der Waals surface area contributed by atoms with E-state index in [4.69, 9.17) is 9.84 Å². The van der Waals surface area contributed by atoms with Crippen LogP contribution in [0.15, 0.2) is 24.3 Å². The van der Waals surface area contributed by atoms with E-state index in [2.05, 4.69) is 17.2 Å². The largest absolute Gasteiger partial charge is 0.384 e. The van der Waals surface area contributed by atoms with Crippen LogP contribution in [0.2, 0.25) is 0 Å². The van der Waals surface area contributed by atoms with E-state index >= 15 is 0 Å². The van der Waals surface area contributed by atoms with Crippen LogP contribution < -0.4 is 5.32 Å². The third-order valence-corrected chi connectivity index (χ3v) is 2.30. The number of ether oxygens (including phenoxy) is 1. The first-order chi connectivity index (χ1) is 9.11. The predicted octanol–water partition coefficient (Wildman–Crippen LogP) is 1.07. The fourth-order valence-electron chi connectivity index (χ4n) is 1.34. The summed E-state index contributed by atoms with van der Waals surface area (Å²) >= 11 is 0. The maximum atomic E-state index is 11.4. The average molecular weight is 261 g/mol. The first kappa shape index (κ1) is 15.2. The number of carbonyl (C=O) groups is 1. The molecule has 0 aliphatic rings. The highest BCUT2D eigenvalue weighted by atomic mass is 16.5. The van der Waals surface area contributed by atoms with E-state index in [1.54, 1.807) is 0 Å². The second-order valence-electron chi connectivity index (χ2n) is 4.29. The van der Waals surface area contributed by atoms with Crippen molar-refractivity contribution in [2.24, 2.45) is 0 Å². The smallest absolute Gasteiger partial charge is 0.246 e. The number of hydrogen-bond acceptors (Lipinski definition) is 3. The minimum atomic E-state index is -0.145. The van der Waals surface area contributed by atoms with Crippen molar-refractivity contribution < 1.29 is 14.6 Å². The summed E-state index contributed by atoms with van der Waals surface area (Å²) in [5.41, 5.74) is 1.83. The number of carbonyl (C=O) groups excluding carboxylic acids is 1. The van der Waals surface area contributed by atoms with Gasteiger partial charge in [0.1, 0.15) is 13.2 Å². The third-order valence-electron chi connectivity index (χ3n) is 2.30. The van der Waals surface area contributed by atoms with Gasteiger partial charge in [-0.1, -0.05) is 24.0 Å². The monoisotopic (exact) mass is 261 g/mol. The molecule has 4 nitrogen and oxygen atoms in total. The molecule has 102 valence electrons. The van der Waals surface area contributed by atoms with Crippen LogP contribution in [0, 0.1) is 11.8 Å². The first-order valence-corrected chi connectivity index (χ1v) is 6.19. The van der Waals surface area contributed by atoms with Crippen LogP contribution in [-0.4, -0.2) is 30.3 Å². The van der Waals surface area contributed by atoms with Crippen molar-refractivity contribution >= 4 is 5.91 Å². The van der Waals surface area contributed by atoms with Crippen LogP contribution in [-0.2, 0) is 16.1 Å². The molecule has 0 atom stereocenters. The Morgan fingerprint density at radius 1 is 1.37 bits per heavy atom. The molecule has 1 aromatic rings. The molecule has 0 saturated carbocycles. The second kappa shape index (κ2) is 8.30. The molecule has 0 saturated heterocycles. The normalized spacial score (nSPS) is 9.89. The molecule has 0 aliphatic carbocycles. The van der Waals surface area contributed by atoms with Gasteiger partial charge in [0, 0.05) is 12.1 Å². The summed E-state index contributed by atoms with van der Waals surface area (Å²) in [5.74, 6) is 5.27. The molecular weight excluding hydrogens is 242 g/mol. The van der Waals surface area contributed by atoms with E-state index < -0.39 is 0 Å². The van der Waals surface area contributed by atoms with Gasteiger partial charge >= 0.3 is 0 Å². The van der Waals surface area contributed by atoms with E-state index in [-0.39, 0.29) is 25.2 Å². The molecule has 1 amide bonds. The number of hydrogen-bond donors (Lipinski definition) is 2. The highest BCUT2D eigenvalue weighted by Gasteiger charge is 2.02. The summed E-state index contributed by atoms with van der Waals surface area (Å²) < 4.78 is 5.20. The zero-order valence-corrected chi connectivity index (χ0v) is 11.3. The van der Waals surface area contributed by atoms with Crippen LogP contribution >= 0.6 is 0 Å². The summed E-state index contributed by atoms with van der Waals surface area (Å²) in [4.78, 5) is 11.4. The molecule has 0 bridgehead atoms. The summed E-state index contributed by atoms with van der Waals surface area (Å²) in [6, 6.07) is 7.50. The Kier molecular flexibility index (Phi) is 6.65. The molecule has 0 spiro atoms. The van der Waals surface area contributed by atoms with Crippen molar-refractivity contribution in [1.29, 1.82) is 0 Å². The molecule has 4 heteroatoms. The van der Waals surface area contributed by atoms with Gasteiger partial charge in [-0.05, 0) is 31.5 Å². The molecule has 2 N–H and O–H groups in total. The van der Waals surface area contributed by atoms with Gasteiger partial charge in [-0.2, -0.15) is 0 Å². The van der Waals surface area contributed by atoms with E-state index in [1.165, 1.54) is 0 Å². The molecule has 0 unspecified atom stereocenters. The van der Waals surface area contributed by atoms with Gasteiger partial charge in [0.15, 0.2) is 0 Å². The minimum Gasteiger partial charge on any atom is -0.384 e. The van der Waals surface area contributed by atoms with Crippen LogP contribution in [0.25, 0.3) is 0 Å². The highest BCUT2D eigenvalue weighted by molar-refractivity contribution is 5.77. The van der Waals surface area contributed by atoms with Gasteiger partial charge in [0.05, 0.1) is 6.10 Å². The molecule has 0 heterocycles. The van der Waals surface area contributed by atoms with E-state index in [9.17, 15) is 4.79 Å². The van der Waals surface area contributed by atoms with Crippen molar-refractivity contribution in [3.63, 3.8) is 0 Å². The summed E-state index contributed by atoms with van der Waals surface area (Å²) in [6.07, 6.45) is 0.0510. The summed E-state index contributed by atoms with van der Waals surface area (Å²) in [5, 5.41) is 11.4. The van der Waals surface area contributed by atoms with Gasteiger partial charge in [-0.15, -0.1) is 0 Å². The number of rotatable bonds is 5. The van der Waals surface area contributed by atoms with Crippen LogP contribution in [0.5, 0.6) is 0 Å². The third kappa shape index (κ3) is 6.61. The molecule has 0 fully saturated rings. The van der Waals surface area contributed by atoms with Crippen LogP contribution in [0.1, 0.15) is 25.0 Å². The van der Waals surface area contributed by atoms with Crippen molar-refractivity contribution in [3.05, 3.63) is 35.4 Å². The van der Waals surface area contributed by atoms with Crippen molar-refractivity contribution in [1.82, 2.24) is 5.32 Å². The Morgan fingerprint density at radius 2 is 2.05 bits per heavy atom. The topological polar surface area (TPSA) is 58.6 Å². The van der Waals surface area contributed by atoms with Gasteiger partial charge in [0.2, 0.25) is 5.91 Å². The summed E-state index contributed by atoms with van der Waals surface area (Å²) in [7, 11) is 0. The highest BCUT2D eigenvalue weighted by Crippen LogP contribution is 2.03. The number of aliphatic hydroxyl groups excluding tert-OH is 1. The number of aliphatic hydroxyl groups is 1. The van der Waals surface area contributed by atoms with Crippen molar-refractivity contribution in [3.8, 4) is 11.8 Å². The average Bonchev–Trinajstić information content (AvgIpc) is 2.41. The Morgan fingerprint density at radius 3 is 2.63 bits per heavy atom. The minimum absolute atomic E-state index is 0.0510. The predicted molar refractivity (Wildman–Crippen MR) is 73.3 cm³/mol. The van der Waals surface area contributed by atoms with E-state index in [0.717, 1.165) is 11.1 Å². The Bertz CT molecular complexity index is 455. The van der Waals surface area contributed by atoms with Crippen molar-refractivity contribution in [2.45, 2.75) is 26.5 Å². The zero-order chi connectivity index (χ0) is 14.1. The van der Waals surface area contributed by atoms with Gasteiger partial charge < -0.3 is 15.2 Å². The maximum Gasteiger partial charge on any atom is 0.246 e. The second-order valence-corrected chi connectivity index (χ2v) is 4.29. The molecule has 0 radical (unpaired) electrons. The molecular formula is C15H19NO3. The number of benzene rings is 1. The molecule has 19 heavy (non-hydrogen) atoms. The lowest BCUT2D eigenvalue weighted by Crippen LogP contribution is -2.28. The van der Waals surface area contributed by atoms with Gasteiger partial charge in [-0.3, -0.25) is 4.79 Å². The lowest BCUT2D eigenvalue weighted by molar-refractivity contribution is -0.127. The summed E-state index contributed by atoms with van der Waals surface area (Å²) in [6.45, 7) is 4.18. The fourth-order valence-corrected chi connectivity index (χ4v) is 1.34. The zero-order valence-electron chi connectivity index (χ0n) is 11.3.